The molecule has 0 fully saturated rings. The van der Waals surface area contributed by atoms with Gasteiger partial charge in [0, 0.05) is 22.7 Å². The van der Waals surface area contributed by atoms with Crippen molar-refractivity contribution in [3.8, 4) is 0 Å². The van der Waals surface area contributed by atoms with Crippen molar-refractivity contribution < 1.29 is 16.5 Å². The van der Waals surface area contributed by atoms with Crippen molar-refractivity contribution in [2.45, 2.75) is 194 Å². The molecule has 0 amide bonds. The fourth-order valence-electron chi connectivity index (χ4n) is 6.52. The zero-order valence-electron chi connectivity index (χ0n) is 33.3. The van der Waals surface area contributed by atoms with Crippen LogP contribution in [0.25, 0.3) is 12.2 Å². The Labute approximate surface area is 326 Å². The summed E-state index contributed by atoms with van der Waals surface area (Å²) in [5.74, 6) is 0. The van der Waals surface area contributed by atoms with Gasteiger partial charge in [0.2, 0.25) is 0 Å². The van der Waals surface area contributed by atoms with Crippen molar-refractivity contribution in [3.05, 3.63) is 71.8 Å². The number of unbranched alkanes of at least 4 members (excludes halogenated alkanes) is 23. The number of allylic oxidation sites excluding steroid dienone is 2. The summed E-state index contributed by atoms with van der Waals surface area (Å²) >= 11 is 0. The van der Waals surface area contributed by atoms with Crippen molar-refractivity contribution in [2.75, 3.05) is 0 Å². The number of nitrogens with zero attached hydrogens (tertiary/aromatic N) is 2. The molecule has 2 aromatic carbocycles. The van der Waals surface area contributed by atoms with Crippen molar-refractivity contribution in [3.63, 3.8) is 0 Å². The van der Waals surface area contributed by atoms with E-state index in [9.17, 15) is 0 Å². The van der Waals surface area contributed by atoms with E-state index in [-0.39, 0.29) is 16.5 Å². The molecule has 0 saturated carbocycles. The van der Waals surface area contributed by atoms with Gasteiger partial charge in [-0.1, -0.05) is 204 Å². The van der Waals surface area contributed by atoms with Crippen LogP contribution >= 0.6 is 0 Å². The topological polar surface area (TPSA) is 24.7 Å². The number of benzene rings is 2. The Morgan fingerprint density at radius 2 is 0.863 bits per heavy atom. The number of hydrogen-bond donors (Lipinski definition) is 0. The molecule has 0 aromatic heterocycles. The summed E-state index contributed by atoms with van der Waals surface area (Å²) in [5, 5.41) is 0. The quantitative estimate of drug-likeness (QED) is 0.0406. The van der Waals surface area contributed by atoms with E-state index in [2.05, 4.69) is 93.6 Å². The molecule has 0 aliphatic rings. The second-order valence-corrected chi connectivity index (χ2v) is 14.6. The normalized spacial score (nSPS) is 12.1. The molecule has 2 nitrogen and oxygen atoms in total. The molecular formula is C48H76N2Ni. The third-order valence-corrected chi connectivity index (χ3v) is 9.73. The Balaban J connectivity index is 0.0000130. The smallest absolute Gasteiger partial charge is 0.0639 e. The van der Waals surface area contributed by atoms with Gasteiger partial charge >= 0.3 is 0 Å². The number of rotatable bonds is 32. The minimum atomic E-state index is 0. The Bertz CT molecular complexity index is 1190. The van der Waals surface area contributed by atoms with Crippen molar-refractivity contribution >= 4 is 35.5 Å². The molecule has 2 rings (SSSR count). The molecule has 0 heterocycles. The summed E-state index contributed by atoms with van der Waals surface area (Å²) in [7, 11) is 0. The predicted molar refractivity (Wildman–Crippen MR) is 228 cm³/mol. The first-order valence-corrected chi connectivity index (χ1v) is 21.4. The first kappa shape index (κ1) is 46.8. The van der Waals surface area contributed by atoms with Crippen LogP contribution in [0.2, 0.25) is 0 Å². The minimum absolute atomic E-state index is 0. The molecule has 0 atom stereocenters. The zero-order chi connectivity index (χ0) is 35.6. The van der Waals surface area contributed by atoms with Crippen molar-refractivity contribution in [1.82, 2.24) is 0 Å². The Kier molecular flexibility index (Phi) is 31.9. The van der Waals surface area contributed by atoms with Gasteiger partial charge in [-0.15, -0.1) is 0 Å². The minimum Gasteiger partial charge on any atom is -0.255 e. The summed E-state index contributed by atoms with van der Waals surface area (Å²) in [6, 6.07) is 17.2. The molecule has 0 spiro atoms. The van der Waals surface area contributed by atoms with E-state index in [0.29, 0.717) is 0 Å². The summed E-state index contributed by atoms with van der Waals surface area (Å²) in [4.78, 5) is 9.91. The third kappa shape index (κ3) is 27.1. The van der Waals surface area contributed by atoms with Crippen molar-refractivity contribution in [2.24, 2.45) is 9.98 Å². The van der Waals surface area contributed by atoms with Crippen LogP contribution in [0.4, 0.5) is 11.4 Å². The molecule has 0 aliphatic carbocycles. The van der Waals surface area contributed by atoms with Gasteiger partial charge in [-0.25, -0.2) is 0 Å². The molecule has 3 heteroatoms. The molecule has 51 heavy (non-hydrogen) atoms. The fourth-order valence-corrected chi connectivity index (χ4v) is 6.52. The van der Waals surface area contributed by atoms with Gasteiger partial charge in [0.25, 0.3) is 0 Å². The molecule has 0 saturated heterocycles. The number of hydrogen-bond acceptors (Lipinski definition) is 2. The van der Waals surface area contributed by atoms with Gasteiger partial charge in [0.1, 0.15) is 0 Å². The Morgan fingerprint density at radius 1 is 0.471 bits per heavy atom. The average molecular weight is 740 g/mol. The van der Waals surface area contributed by atoms with Crippen LogP contribution in [-0.2, 0) is 16.5 Å². The maximum Gasteiger partial charge on any atom is 0.0639 e. The van der Waals surface area contributed by atoms with Gasteiger partial charge in [-0.05, 0) is 73.9 Å². The van der Waals surface area contributed by atoms with Crippen LogP contribution in [0.5, 0.6) is 0 Å². The molecule has 0 bridgehead atoms. The van der Waals surface area contributed by atoms with E-state index >= 15 is 0 Å². The van der Waals surface area contributed by atoms with Gasteiger partial charge < -0.3 is 0 Å². The van der Waals surface area contributed by atoms with Crippen LogP contribution < -0.4 is 0 Å². The monoisotopic (exact) mass is 739 g/mol. The molecule has 2 aromatic rings. The summed E-state index contributed by atoms with van der Waals surface area (Å²) in [6.07, 6.45) is 47.4. The Morgan fingerprint density at radius 3 is 1.31 bits per heavy atom. The average Bonchev–Trinajstić information content (AvgIpc) is 3.13. The summed E-state index contributed by atoms with van der Waals surface area (Å²) < 4.78 is 0. The van der Waals surface area contributed by atoms with Crippen LogP contribution in [-0.4, -0.2) is 11.9 Å². The first-order chi connectivity index (χ1) is 24.7. The molecule has 0 N–H and O–H groups in total. The van der Waals surface area contributed by atoms with E-state index in [1.165, 1.54) is 152 Å². The molecule has 0 unspecified atom stereocenters. The first-order valence-electron chi connectivity index (χ1n) is 21.4. The largest absolute Gasteiger partial charge is 0.255 e. The SMILES string of the molecule is CCCCCCCCCCCCCC=Cc1cccc(N=CC(CCCC)=Nc2cccc(C=CCCCCCCCCCCCCC)c2)c1.[Ni]. The third-order valence-electron chi connectivity index (χ3n) is 9.73. The van der Waals surface area contributed by atoms with Crippen LogP contribution in [0.3, 0.4) is 0 Å². The van der Waals surface area contributed by atoms with E-state index < -0.39 is 0 Å². The van der Waals surface area contributed by atoms with E-state index in [0.717, 1.165) is 49.2 Å². The maximum absolute atomic E-state index is 5.04. The van der Waals surface area contributed by atoms with Crippen LogP contribution in [0.15, 0.2) is 70.7 Å². The summed E-state index contributed by atoms with van der Waals surface area (Å²) in [5.41, 5.74) is 5.51. The number of aliphatic imine (C=N–C) groups is 2. The van der Waals surface area contributed by atoms with E-state index in [1.54, 1.807) is 0 Å². The molecule has 0 aliphatic heterocycles. The molecule has 0 radical (unpaired) electrons. The van der Waals surface area contributed by atoms with E-state index in [4.69, 9.17) is 9.98 Å². The maximum atomic E-state index is 5.04. The van der Waals surface area contributed by atoms with Gasteiger partial charge in [-0.3, -0.25) is 9.98 Å². The summed E-state index contributed by atoms with van der Waals surface area (Å²) in [6.45, 7) is 6.82. The molecular weight excluding hydrogens is 663 g/mol. The second-order valence-electron chi connectivity index (χ2n) is 14.6. The Hall–Kier alpha value is -2.25. The molecule has 288 valence electrons. The van der Waals surface area contributed by atoms with Gasteiger partial charge in [0.15, 0.2) is 0 Å². The van der Waals surface area contributed by atoms with Crippen molar-refractivity contribution in [1.29, 1.82) is 0 Å². The predicted octanol–water partition coefficient (Wildman–Crippen LogP) is 16.8. The van der Waals surface area contributed by atoms with Gasteiger partial charge in [0.05, 0.1) is 17.1 Å². The van der Waals surface area contributed by atoms with Gasteiger partial charge in [-0.2, -0.15) is 0 Å². The van der Waals surface area contributed by atoms with E-state index in [1.807, 2.05) is 6.21 Å². The van der Waals surface area contributed by atoms with Crippen LogP contribution in [0.1, 0.15) is 205 Å². The fraction of sp³-hybridized carbons (Fsp3) is 0.625. The zero-order valence-corrected chi connectivity index (χ0v) is 34.3. The second kappa shape index (κ2) is 34.8. The van der Waals surface area contributed by atoms with Crippen LogP contribution in [0, 0.1) is 0 Å². The standard InChI is InChI=1S/C48H76N2.Ni/c1-4-7-10-12-14-16-18-20-22-24-26-28-30-34-44-36-32-39-46(41-44)49-43-48(38-9-6-3)50-47-40-33-37-45(42-47)35-31-29-27-25-23-21-19-17-15-13-11-8-5-2;/h30-37,39-43H,4-29,38H2,1-3H3;.